The van der Waals surface area contributed by atoms with E-state index in [1.54, 1.807) is 12.1 Å². The Bertz CT molecular complexity index is 931. The number of carbonyl (C=O) groups is 1. The highest BCUT2D eigenvalue weighted by Gasteiger charge is 2.18. The zero-order valence-corrected chi connectivity index (χ0v) is 15.3. The summed E-state index contributed by atoms with van der Waals surface area (Å²) >= 11 is 6.14. The van der Waals surface area contributed by atoms with Crippen molar-refractivity contribution in [3.63, 3.8) is 0 Å². The van der Waals surface area contributed by atoms with Gasteiger partial charge in [-0.25, -0.2) is 9.37 Å². The van der Waals surface area contributed by atoms with Gasteiger partial charge in [0.1, 0.15) is 11.0 Å². The first-order valence-electron chi connectivity index (χ1n) is 8.21. The van der Waals surface area contributed by atoms with Crippen LogP contribution >= 0.6 is 11.6 Å². The van der Waals surface area contributed by atoms with Crippen LogP contribution in [0, 0.1) is 5.82 Å². The number of hydrogen-bond acceptors (Lipinski definition) is 3. The molecule has 1 amide bonds. The van der Waals surface area contributed by atoms with Crippen LogP contribution in [0.25, 0.3) is 10.9 Å². The molecule has 3 aromatic rings. The fourth-order valence-corrected chi connectivity index (χ4v) is 3.07. The number of carbonyl (C=O) groups excluding carboxylic acids is 1. The summed E-state index contributed by atoms with van der Waals surface area (Å²) < 4.78 is 13.3. The Labute approximate surface area is 156 Å². The molecule has 0 saturated carbocycles. The quantitative estimate of drug-likeness (QED) is 0.688. The van der Waals surface area contributed by atoms with Crippen LogP contribution in [0.3, 0.4) is 0 Å². The molecule has 0 aliphatic heterocycles. The van der Waals surface area contributed by atoms with Gasteiger partial charge < -0.3 is 10.2 Å². The van der Waals surface area contributed by atoms with Crippen molar-refractivity contribution >= 4 is 28.4 Å². The second-order valence-electron chi connectivity index (χ2n) is 6.26. The summed E-state index contributed by atoms with van der Waals surface area (Å²) in [4.78, 5) is 18.8. The van der Waals surface area contributed by atoms with Gasteiger partial charge in [-0.2, -0.15) is 0 Å². The van der Waals surface area contributed by atoms with E-state index in [0.29, 0.717) is 17.4 Å². The molecule has 6 heteroatoms. The van der Waals surface area contributed by atoms with Crippen molar-refractivity contribution in [3.8, 4) is 0 Å². The molecule has 0 aliphatic carbocycles. The molecule has 1 heterocycles. The molecule has 1 unspecified atom stereocenters. The standard InChI is InChI=1S/C20H19ClFN3O/c1-25(2)18(13-6-4-3-5-7-13)12-23-20(26)16-10-14-8-9-15(22)11-17(14)24-19(16)21/h3-11,18H,12H2,1-2H3,(H,23,26). The largest absolute Gasteiger partial charge is 0.350 e. The molecule has 0 radical (unpaired) electrons. The van der Waals surface area contributed by atoms with E-state index in [2.05, 4.69) is 10.3 Å². The van der Waals surface area contributed by atoms with E-state index < -0.39 is 5.82 Å². The fraction of sp³-hybridized carbons (Fsp3) is 0.200. The normalized spacial score (nSPS) is 12.3. The number of benzene rings is 2. The Kier molecular flexibility index (Phi) is 5.49. The highest BCUT2D eigenvalue weighted by Crippen LogP contribution is 2.22. The number of amides is 1. The third kappa shape index (κ3) is 4.00. The molecule has 1 N–H and O–H groups in total. The highest BCUT2D eigenvalue weighted by atomic mass is 35.5. The smallest absolute Gasteiger partial charge is 0.254 e. The molecule has 0 spiro atoms. The number of pyridine rings is 1. The van der Waals surface area contributed by atoms with Crippen molar-refractivity contribution in [1.29, 1.82) is 0 Å². The molecule has 0 bridgehead atoms. The van der Waals surface area contributed by atoms with Crippen molar-refractivity contribution in [2.45, 2.75) is 6.04 Å². The summed E-state index contributed by atoms with van der Waals surface area (Å²) in [7, 11) is 3.92. The van der Waals surface area contributed by atoms with Crippen LogP contribution < -0.4 is 5.32 Å². The zero-order chi connectivity index (χ0) is 18.7. The lowest BCUT2D eigenvalue weighted by Gasteiger charge is -2.25. The minimum absolute atomic E-state index is 0.0291. The Balaban J connectivity index is 1.80. The first-order valence-corrected chi connectivity index (χ1v) is 8.59. The van der Waals surface area contributed by atoms with Crippen molar-refractivity contribution in [2.24, 2.45) is 0 Å². The van der Waals surface area contributed by atoms with Crippen molar-refractivity contribution in [3.05, 3.63) is 76.7 Å². The second kappa shape index (κ2) is 7.81. The Morgan fingerprint density at radius 1 is 1.19 bits per heavy atom. The lowest BCUT2D eigenvalue weighted by molar-refractivity contribution is 0.0942. The average Bonchev–Trinajstić information content (AvgIpc) is 2.61. The van der Waals surface area contributed by atoms with Crippen LogP contribution in [0.15, 0.2) is 54.6 Å². The van der Waals surface area contributed by atoms with Gasteiger partial charge in [-0.1, -0.05) is 41.9 Å². The molecule has 0 saturated heterocycles. The lowest BCUT2D eigenvalue weighted by Crippen LogP contribution is -2.34. The lowest BCUT2D eigenvalue weighted by atomic mass is 10.1. The predicted molar refractivity (Wildman–Crippen MR) is 102 cm³/mol. The third-order valence-electron chi connectivity index (χ3n) is 4.24. The second-order valence-corrected chi connectivity index (χ2v) is 6.62. The number of nitrogens with zero attached hydrogens (tertiary/aromatic N) is 2. The Hall–Kier alpha value is -2.50. The van der Waals surface area contributed by atoms with Crippen molar-refractivity contribution < 1.29 is 9.18 Å². The number of rotatable bonds is 5. The summed E-state index contributed by atoms with van der Waals surface area (Å²) in [5, 5.41) is 3.63. The summed E-state index contributed by atoms with van der Waals surface area (Å²) in [5.41, 5.74) is 1.80. The topological polar surface area (TPSA) is 45.2 Å². The number of likely N-dealkylation sites (N-methyl/N-ethyl adjacent to an activating group) is 1. The van der Waals surface area contributed by atoms with Gasteiger partial charge in [0, 0.05) is 18.0 Å². The molecule has 0 aliphatic rings. The van der Waals surface area contributed by atoms with Gasteiger partial charge in [-0.3, -0.25) is 4.79 Å². The van der Waals surface area contributed by atoms with Crippen LogP contribution in [0.5, 0.6) is 0 Å². The maximum absolute atomic E-state index is 13.3. The molecule has 134 valence electrons. The van der Waals surface area contributed by atoms with Crippen LogP contribution in [0.4, 0.5) is 4.39 Å². The molecule has 1 atom stereocenters. The van der Waals surface area contributed by atoms with Gasteiger partial charge >= 0.3 is 0 Å². The third-order valence-corrected chi connectivity index (χ3v) is 4.53. The minimum atomic E-state index is -0.394. The zero-order valence-electron chi connectivity index (χ0n) is 14.5. The SMILES string of the molecule is CN(C)C(CNC(=O)c1cc2ccc(F)cc2nc1Cl)c1ccccc1. The number of halogens is 2. The van der Waals surface area contributed by atoms with Gasteiger partial charge in [-0.15, -0.1) is 0 Å². The number of aromatic nitrogens is 1. The van der Waals surface area contributed by atoms with E-state index in [1.807, 2.05) is 49.3 Å². The van der Waals surface area contributed by atoms with Crippen LogP contribution in [-0.2, 0) is 0 Å². The molecule has 26 heavy (non-hydrogen) atoms. The van der Waals surface area contributed by atoms with Gasteiger partial charge in [0.25, 0.3) is 5.91 Å². The van der Waals surface area contributed by atoms with Gasteiger partial charge in [0.2, 0.25) is 0 Å². The van der Waals surface area contributed by atoms with Crippen LogP contribution in [0.1, 0.15) is 22.0 Å². The van der Waals surface area contributed by atoms with Gasteiger partial charge in [-0.05, 0) is 37.9 Å². The Morgan fingerprint density at radius 3 is 2.62 bits per heavy atom. The van der Waals surface area contributed by atoms with E-state index in [0.717, 1.165) is 5.56 Å². The van der Waals surface area contributed by atoms with Gasteiger partial charge in [0.05, 0.1) is 17.1 Å². The molecule has 0 fully saturated rings. The average molecular weight is 372 g/mol. The molecule has 1 aromatic heterocycles. The van der Waals surface area contributed by atoms with E-state index in [4.69, 9.17) is 11.6 Å². The van der Waals surface area contributed by atoms with Crippen LogP contribution in [-0.4, -0.2) is 36.4 Å². The highest BCUT2D eigenvalue weighted by molar-refractivity contribution is 6.33. The molecule has 4 nitrogen and oxygen atoms in total. The Morgan fingerprint density at radius 2 is 1.92 bits per heavy atom. The number of fused-ring (bicyclic) bond motifs is 1. The summed E-state index contributed by atoms with van der Waals surface area (Å²) in [6, 6.07) is 15.8. The predicted octanol–water partition coefficient (Wildman–Crippen LogP) is 4.06. The molecular formula is C20H19ClFN3O. The minimum Gasteiger partial charge on any atom is -0.350 e. The van der Waals surface area contributed by atoms with Gasteiger partial charge in [0.15, 0.2) is 0 Å². The monoisotopic (exact) mass is 371 g/mol. The number of hydrogen-bond donors (Lipinski definition) is 1. The maximum atomic E-state index is 13.3. The first kappa shape index (κ1) is 18.3. The van der Waals surface area contributed by atoms with Crippen molar-refractivity contribution in [1.82, 2.24) is 15.2 Å². The summed E-state index contributed by atoms with van der Waals surface area (Å²) in [6.45, 7) is 0.424. The number of nitrogens with one attached hydrogen (secondary N) is 1. The van der Waals surface area contributed by atoms with Crippen LogP contribution in [0.2, 0.25) is 5.15 Å². The molecular weight excluding hydrogens is 353 g/mol. The first-order chi connectivity index (χ1) is 12.5. The van der Waals surface area contributed by atoms with E-state index in [-0.39, 0.29) is 22.7 Å². The van der Waals surface area contributed by atoms with E-state index in [1.165, 1.54) is 12.1 Å². The summed E-state index contributed by atoms with van der Waals surface area (Å²) in [6.07, 6.45) is 0. The van der Waals surface area contributed by atoms with E-state index >= 15 is 0 Å². The maximum Gasteiger partial charge on any atom is 0.254 e. The van der Waals surface area contributed by atoms with Crippen molar-refractivity contribution in [2.75, 3.05) is 20.6 Å². The molecule has 2 aromatic carbocycles. The van der Waals surface area contributed by atoms with E-state index in [9.17, 15) is 9.18 Å². The molecule has 3 rings (SSSR count). The summed E-state index contributed by atoms with van der Waals surface area (Å²) in [5.74, 6) is -0.702. The fourth-order valence-electron chi connectivity index (χ4n) is 2.83.